The van der Waals surface area contributed by atoms with E-state index in [9.17, 15) is 10.1 Å². The Labute approximate surface area is 197 Å². The maximum absolute atomic E-state index is 11.5. The van der Waals surface area contributed by atoms with Crippen molar-refractivity contribution in [1.29, 1.82) is 0 Å². The summed E-state index contributed by atoms with van der Waals surface area (Å²) in [7, 11) is 0. The zero-order chi connectivity index (χ0) is 23.4. The summed E-state index contributed by atoms with van der Waals surface area (Å²) in [6, 6.07) is 23.7. The fourth-order valence-electron chi connectivity index (χ4n) is 3.90. The maximum atomic E-state index is 11.5. The van der Waals surface area contributed by atoms with Gasteiger partial charge in [-0.15, -0.1) is 11.3 Å². The third kappa shape index (κ3) is 5.12. The van der Waals surface area contributed by atoms with E-state index < -0.39 is 0 Å². The van der Waals surface area contributed by atoms with Crippen LogP contribution in [0.3, 0.4) is 0 Å². The molecule has 0 spiro atoms. The monoisotopic (exact) mass is 457 g/mol. The molecule has 0 aliphatic rings. The zero-order valence-corrected chi connectivity index (χ0v) is 19.9. The Morgan fingerprint density at radius 2 is 1.73 bits per heavy atom. The van der Waals surface area contributed by atoms with E-state index in [1.54, 1.807) is 18.2 Å². The van der Waals surface area contributed by atoms with Gasteiger partial charge in [-0.3, -0.25) is 10.1 Å². The van der Waals surface area contributed by atoms with Gasteiger partial charge in [-0.25, -0.2) is 4.99 Å². The molecule has 0 saturated carbocycles. The fourth-order valence-corrected chi connectivity index (χ4v) is 4.91. The van der Waals surface area contributed by atoms with Crippen LogP contribution >= 0.6 is 11.3 Å². The standard InChI is InChI=1S/C27H27N3O2S/c1-19-13-16-23(17-20(19)2)26-18-33-27(28-24-11-7-8-12-25(24)30(31)32)29(26)21(3)14-15-22-9-5-4-6-10-22/h4-13,16-18,21H,14-15H2,1-3H3. The second-order valence-electron chi connectivity index (χ2n) is 8.30. The van der Waals surface area contributed by atoms with Gasteiger partial charge in [0.1, 0.15) is 5.69 Å². The minimum atomic E-state index is -0.375. The van der Waals surface area contributed by atoms with Gasteiger partial charge >= 0.3 is 0 Å². The molecule has 0 bridgehead atoms. The summed E-state index contributed by atoms with van der Waals surface area (Å²) in [5.74, 6) is 0. The molecule has 1 aromatic heterocycles. The molecule has 0 amide bonds. The van der Waals surface area contributed by atoms with Gasteiger partial charge in [-0.05, 0) is 68.0 Å². The molecule has 0 aliphatic heterocycles. The smallest absolute Gasteiger partial charge is 0.294 e. The summed E-state index contributed by atoms with van der Waals surface area (Å²) in [5, 5.41) is 13.6. The molecule has 0 saturated heterocycles. The summed E-state index contributed by atoms with van der Waals surface area (Å²) in [4.78, 5) is 16.7. The zero-order valence-electron chi connectivity index (χ0n) is 19.1. The number of nitrogens with zero attached hydrogens (tertiary/aromatic N) is 3. The van der Waals surface area contributed by atoms with Crippen molar-refractivity contribution in [2.24, 2.45) is 4.99 Å². The van der Waals surface area contributed by atoms with Crippen LogP contribution in [0.1, 0.15) is 36.1 Å². The number of aryl methyl sites for hydroxylation is 3. The highest BCUT2D eigenvalue weighted by atomic mass is 32.1. The molecule has 1 atom stereocenters. The topological polar surface area (TPSA) is 60.4 Å². The maximum Gasteiger partial charge on any atom is 0.294 e. The van der Waals surface area contributed by atoms with E-state index in [1.165, 1.54) is 34.1 Å². The molecule has 1 heterocycles. The van der Waals surface area contributed by atoms with E-state index in [0.29, 0.717) is 5.69 Å². The van der Waals surface area contributed by atoms with Gasteiger partial charge in [-0.2, -0.15) is 0 Å². The Kier molecular flexibility index (Phi) is 6.84. The van der Waals surface area contributed by atoms with Crippen LogP contribution in [0.25, 0.3) is 11.3 Å². The molecule has 4 aromatic rings. The first kappa shape index (κ1) is 22.7. The molecule has 1 unspecified atom stereocenters. The van der Waals surface area contributed by atoms with Gasteiger partial charge in [0.25, 0.3) is 5.69 Å². The highest BCUT2D eigenvalue weighted by Crippen LogP contribution is 2.29. The van der Waals surface area contributed by atoms with E-state index in [0.717, 1.165) is 28.9 Å². The summed E-state index contributed by atoms with van der Waals surface area (Å²) in [6.45, 7) is 6.42. The van der Waals surface area contributed by atoms with E-state index in [4.69, 9.17) is 4.99 Å². The molecule has 0 aliphatic carbocycles. The Bertz CT molecular complexity index is 1340. The molecule has 3 aromatic carbocycles. The third-order valence-electron chi connectivity index (χ3n) is 5.97. The Morgan fingerprint density at radius 3 is 2.45 bits per heavy atom. The molecule has 4 rings (SSSR count). The quantitative estimate of drug-likeness (QED) is 0.218. The highest BCUT2D eigenvalue weighted by Gasteiger charge is 2.17. The number of nitro groups is 1. The number of nitro benzene ring substituents is 1. The molecular weight excluding hydrogens is 430 g/mol. The molecule has 33 heavy (non-hydrogen) atoms. The largest absolute Gasteiger partial charge is 0.314 e. The van der Waals surface area contributed by atoms with Crippen molar-refractivity contribution >= 4 is 22.7 Å². The Hall–Kier alpha value is -3.51. The van der Waals surface area contributed by atoms with Crippen molar-refractivity contribution < 1.29 is 4.92 Å². The van der Waals surface area contributed by atoms with E-state index in [2.05, 4.69) is 73.2 Å². The predicted octanol–water partition coefficient (Wildman–Crippen LogP) is 7.17. The Morgan fingerprint density at radius 1 is 1.00 bits per heavy atom. The van der Waals surface area contributed by atoms with Crippen molar-refractivity contribution in [3.63, 3.8) is 0 Å². The SMILES string of the molecule is Cc1ccc(-c2csc(=Nc3ccccc3[N+](=O)[O-])n2C(C)CCc2ccccc2)cc1C. The fraction of sp³-hybridized carbons (Fsp3) is 0.222. The first-order valence-corrected chi connectivity index (χ1v) is 11.9. The number of hydrogen-bond donors (Lipinski definition) is 0. The van der Waals surface area contributed by atoms with E-state index in [1.807, 2.05) is 6.07 Å². The number of para-hydroxylation sites is 2. The molecule has 168 valence electrons. The van der Waals surface area contributed by atoms with Crippen LogP contribution in [0, 0.1) is 24.0 Å². The number of thiazole rings is 1. The van der Waals surface area contributed by atoms with Gasteiger partial charge in [0.15, 0.2) is 4.80 Å². The van der Waals surface area contributed by atoms with Crippen molar-refractivity contribution in [2.75, 3.05) is 0 Å². The molecule has 0 N–H and O–H groups in total. The average molecular weight is 458 g/mol. The van der Waals surface area contributed by atoms with Gasteiger partial charge in [0.2, 0.25) is 0 Å². The lowest BCUT2D eigenvalue weighted by atomic mass is 10.0. The highest BCUT2D eigenvalue weighted by molar-refractivity contribution is 7.07. The van der Waals surface area contributed by atoms with Crippen LogP contribution in [-0.2, 0) is 6.42 Å². The average Bonchev–Trinajstić information content (AvgIpc) is 3.23. The Balaban J connectivity index is 1.81. The minimum absolute atomic E-state index is 0.0159. The first-order chi connectivity index (χ1) is 15.9. The van der Waals surface area contributed by atoms with Crippen LogP contribution in [0.4, 0.5) is 11.4 Å². The van der Waals surface area contributed by atoms with Crippen LogP contribution in [-0.4, -0.2) is 9.49 Å². The van der Waals surface area contributed by atoms with E-state index in [-0.39, 0.29) is 16.7 Å². The summed E-state index contributed by atoms with van der Waals surface area (Å²) in [5.41, 5.74) is 6.39. The molecule has 5 nitrogen and oxygen atoms in total. The summed E-state index contributed by atoms with van der Waals surface area (Å²) < 4.78 is 2.23. The second-order valence-corrected chi connectivity index (χ2v) is 9.14. The minimum Gasteiger partial charge on any atom is -0.314 e. The number of aromatic nitrogens is 1. The van der Waals surface area contributed by atoms with Gasteiger partial charge in [0.05, 0.1) is 10.6 Å². The normalized spacial score (nSPS) is 12.6. The van der Waals surface area contributed by atoms with Crippen molar-refractivity contribution in [3.8, 4) is 11.3 Å². The predicted molar refractivity (Wildman–Crippen MR) is 135 cm³/mol. The summed E-state index contributed by atoms with van der Waals surface area (Å²) >= 11 is 1.52. The number of hydrogen-bond acceptors (Lipinski definition) is 4. The van der Waals surface area contributed by atoms with Crippen LogP contribution in [0.2, 0.25) is 0 Å². The van der Waals surface area contributed by atoms with E-state index >= 15 is 0 Å². The summed E-state index contributed by atoms with van der Waals surface area (Å²) in [6.07, 6.45) is 1.88. The van der Waals surface area contributed by atoms with Gasteiger partial charge in [0, 0.05) is 17.5 Å². The lowest BCUT2D eigenvalue weighted by Gasteiger charge is -2.18. The van der Waals surface area contributed by atoms with Gasteiger partial charge < -0.3 is 4.57 Å². The van der Waals surface area contributed by atoms with Gasteiger partial charge in [-0.1, -0.05) is 54.6 Å². The lowest BCUT2D eigenvalue weighted by Crippen LogP contribution is -2.20. The van der Waals surface area contributed by atoms with Crippen molar-refractivity contribution in [3.05, 3.63) is 110 Å². The van der Waals surface area contributed by atoms with Crippen molar-refractivity contribution in [1.82, 2.24) is 4.57 Å². The lowest BCUT2D eigenvalue weighted by molar-refractivity contribution is -0.384. The van der Waals surface area contributed by atoms with Crippen LogP contribution in [0.5, 0.6) is 0 Å². The van der Waals surface area contributed by atoms with Crippen LogP contribution in [0.15, 0.2) is 83.2 Å². The van der Waals surface area contributed by atoms with Crippen LogP contribution < -0.4 is 4.80 Å². The first-order valence-electron chi connectivity index (χ1n) is 11.0. The molecule has 0 radical (unpaired) electrons. The van der Waals surface area contributed by atoms with Crippen molar-refractivity contribution in [2.45, 2.75) is 39.7 Å². The number of benzene rings is 3. The molecular formula is C27H27N3O2S. The second kappa shape index (κ2) is 9.96. The molecule has 0 fully saturated rings. The molecule has 6 heteroatoms. The third-order valence-corrected chi connectivity index (χ3v) is 6.81. The number of rotatable bonds is 7.